The molecule has 0 aliphatic rings. The molecule has 1 N–H and O–H groups in total. The van der Waals surface area contributed by atoms with Crippen LogP contribution in [0.2, 0.25) is 5.02 Å². The Morgan fingerprint density at radius 3 is 2.83 bits per heavy atom. The van der Waals surface area contributed by atoms with Gasteiger partial charge in [0.1, 0.15) is 17.3 Å². The highest BCUT2D eigenvalue weighted by Crippen LogP contribution is 2.25. The number of nitrogens with one attached hydrogen (secondary N) is 1. The second-order valence-corrected chi connectivity index (χ2v) is 4.14. The van der Waals surface area contributed by atoms with Crippen LogP contribution < -0.4 is 10.1 Å². The lowest BCUT2D eigenvalue weighted by Gasteiger charge is -2.07. The average Bonchev–Trinajstić information content (AvgIpc) is 2.35. The Balaban J connectivity index is 2.17. The molecule has 0 spiro atoms. The van der Waals surface area contributed by atoms with Gasteiger partial charge in [-0.15, -0.1) is 0 Å². The Kier molecular flexibility index (Phi) is 4.12. The van der Waals surface area contributed by atoms with Crippen molar-refractivity contribution in [3.8, 4) is 11.5 Å². The predicted octanol–water partition coefficient (Wildman–Crippen LogP) is 3.39. The quantitative estimate of drug-likeness (QED) is 0.921. The van der Waals surface area contributed by atoms with Gasteiger partial charge in [0.2, 0.25) is 0 Å². The summed E-state index contributed by atoms with van der Waals surface area (Å²) in [5.41, 5.74) is 0.990. The van der Waals surface area contributed by atoms with E-state index in [2.05, 4.69) is 10.3 Å². The highest BCUT2D eigenvalue weighted by Gasteiger charge is 2.04. The van der Waals surface area contributed by atoms with Gasteiger partial charge >= 0.3 is 0 Å². The van der Waals surface area contributed by atoms with Crippen LogP contribution in [-0.4, -0.2) is 12.0 Å². The van der Waals surface area contributed by atoms with E-state index in [4.69, 9.17) is 16.3 Å². The summed E-state index contributed by atoms with van der Waals surface area (Å²) in [6.07, 6.45) is 3.32. The normalized spacial score (nSPS) is 10.4. The molecule has 2 aromatic rings. The zero-order valence-corrected chi connectivity index (χ0v) is 10.5. The summed E-state index contributed by atoms with van der Waals surface area (Å²) in [6, 6.07) is 6.15. The number of benzene rings is 1. The Morgan fingerprint density at radius 2 is 2.11 bits per heavy atom. The summed E-state index contributed by atoms with van der Waals surface area (Å²) < 4.78 is 18.8. The molecule has 18 heavy (non-hydrogen) atoms. The molecule has 0 amide bonds. The van der Waals surface area contributed by atoms with Gasteiger partial charge in [-0.1, -0.05) is 11.6 Å². The molecule has 0 radical (unpaired) electrons. The standard InChI is InChI=1S/C13H12ClFN2O/c1-16-6-9-4-11(8-17-7-9)18-10-2-3-12(14)13(15)5-10/h2-5,7-8,16H,6H2,1H3. The molecule has 2 rings (SSSR count). The third-order valence-electron chi connectivity index (χ3n) is 2.28. The molecule has 3 nitrogen and oxygen atoms in total. The van der Waals surface area contributed by atoms with Crippen LogP contribution in [0.1, 0.15) is 5.56 Å². The first-order chi connectivity index (χ1) is 8.69. The van der Waals surface area contributed by atoms with Crippen molar-refractivity contribution < 1.29 is 9.13 Å². The lowest BCUT2D eigenvalue weighted by molar-refractivity contribution is 0.473. The second-order valence-electron chi connectivity index (χ2n) is 3.74. The maximum Gasteiger partial charge on any atom is 0.146 e. The Labute approximate surface area is 110 Å². The van der Waals surface area contributed by atoms with E-state index < -0.39 is 5.82 Å². The minimum atomic E-state index is -0.506. The maximum atomic E-state index is 13.2. The van der Waals surface area contributed by atoms with Crippen molar-refractivity contribution in [2.75, 3.05) is 7.05 Å². The van der Waals surface area contributed by atoms with Crippen LogP contribution in [-0.2, 0) is 6.54 Å². The van der Waals surface area contributed by atoms with Gasteiger partial charge in [-0.25, -0.2) is 4.39 Å². The van der Waals surface area contributed by atoms with Crippen LogP contribution in [0.25, 0.3) is 0 Å². The Bertz CT molecular complexity index is 548. The van der Waals surface area contributed by atoms with E-state index in [1.807, 2.05) is 13.1 Å². The van der Waals surface area contributed by atoms with E-state index in [1.165, 1.54) is 12.1 Å². The van der Waals surface area contributed by atoms with Crippen LogP contribution in [0, 0.1) is 5.82 Å². The maximum absolute atomic E-state index is 13.2. The summed E-state index contributed by atoms with van der Waals surface area (Å²) in [4.78, 5) is 4.05. The molecule has 5 heteroatoms. The van der Waals surface area contributed by atoms with E-state index in [9.17, 15) is 4.39 Å². The molecule has 0 fully saturated rings. The highest BCUT2D eigenvalue weighted by atomic mass is 35.5. The van der Waals surface area contributed by atoms with Gasteiger partial charge in [-0.05, 0) is 30.8 Å². The average molecular weight is 267 g/mol. The monoisotopic (exact) mass is 266 g/mol. The summed E-state index contributed by atoms with van der Waals surface area (Å²) in [7, 11) is 1.85. The molecule has 0 bridgehead atoms. The van der Waals surface area contributed by atoms with Crippen LogP contribution in [0.3, 0.4) is 0 Å². The largest absolute Gasteiger partial charge is 0.456 e. The molecule has 94 valence electrons. The topological polar surface area (TPSA) is 34.2 Å². The summed E-state index contributed by atoms with van der Waals surface area (Å²) in [5.74, 6) is 0.443. The smallest absolute Gasteiger partial charge is 0.146 e. The molecule has 0 saturated carbocycles. The number of rotatable bonds is 4. The molecular formula is C13H12ClFN2O. The van der Waals surface area contributed by atoms with Gasteiger partial charge in [-0.3, -0.25) is 4.98 Å². The Morgan fingerprint density at radius 1 is 1.28 bits per heavy atom. The first kappa shape index (κ1) is 12.8. The number of nitrogens with zero attached hydrogens (tertiary/aromatic N) is 1. The number of halogens is 2. The van der Waals surface area contributed by atoms with Crippen molar-refractivity contribution in [3.05, 3.63) is 53.1 Å². The molecule has 0 aliphatic heterocycles. The molecule has 0 aliphatic carbocycles. The number of hydrogen-bond donors (Lipinski definition) is 1. The second kappa shape index (κ2) is 5.80. The van der Waals surface area contributed by atoms with Gasteiger partial charge < -0.3 is 10.1 Å². The van der Waals surface area contributed by atoms with E-state index in [0.29, 0.717) is 18.0 Å². The number of pyridine rings is 1. The SMILES string of the molecule is CNCc1cncc(Oc2ccc(Cl)c(F)c2)c1. The minimum absolute atomic E-state index is 0.0735. The van der Waals surface area contributed by atoms with E-state index in [-0.39, 0.29) is 5.02 Å². The van der Waals surface area contributed by atoms with Gasteiger partial charge in [-0.2, -0.15) is 0 Å². The Hall–Kier alpha value is -1.65. The van der Waals surface area contributed by atoms with Crippen LogP contribution in [0.15, 0.2) is 36.7 Å². The zero-order chi connectivity index (χ0) is 13.0. The van der Waals surface area contributed by atoms with Gasteiger partial charge in [0, 0.05) is 18.8 Å². The van der Waals surface area contributed by atoms with E-state index >= 15 is 0 Å². The van der Waals surface area contributed by atoms with Crippen molar-refractivity contribution in [2.24, 2.45) is 0 Å². The lowest BCUT2D eigenvalue weighted by atomic mass is 10.3. The third kappa shape index (κ3) is 3.18. The minimum Gasteiger partial charge on any atom is -0.456 e. The predicted molar refractivity (Wildman–Crippen MR) is 68.5 cm³/mol. The van der Waals surface area contributed by atoms with Crippen molar-refractivity contribution in [3.63, 3.8) is 0 Å². The zero-order valence-electron chi connectivity index (χ0n) is 9.78. The molecular weight excluding hydrogens is 255 g/mol. The summed E-state index contributed by atoms with van der Waals surface area (Å²) in [6.45, 7) is 0.694. The third-order valence-corrected chi connectivity index (χ3v) is 2.58. The fraction of sp³-hybridized carbons (Fsp3) is 0.154. The molecule has 1 aromatic carbocycles. The molecule has 0 saturated heterocycles. The number of hydrogen-bond acceptors (Lipinski definition) is 3. The van der Waals surface area contributed by atoms with Crippen molar-refractivity contribution in [1.29, 1.82) is 0 Å². The van der Waals surface area contributed by atoms with Crippen LogP contribution in [0.4, 0.5) is 4.39 Å². The number of ether oxygens (including phenoxy) is 1. The molecule has 0 unspecified atom stereocenters. The fourth-order valence-electron chi connectivity index (χ4n) is 1.50. The van der Waals surface area contributed by atoms with Gasteiger partial charge in [0.25, 0.3) is 0 Å². The molecule has 1 aromatic heterocycles. The highest BCUT2D eigenvalue weighted by molar-refractivity contribution is 6.30. The molecule has 1 heterocycles. The first-order valence-electron chi connectivity index (χ1n) is 5.40. The number of aromatic nitrogens is 1. The van der Waals surface area contributed by atoms with Crippen molar-refractivity contribution in [2.45, 2.75) is 6.54 Å². The lowest BCUT2D eigenvalue weighted by Crippen LogP contribution is -2.05. The molecule has 0 atom stereocenters. The van der Waals surface area contributed by atoms with E-state index in [0.717, 1.165) is 5.56 Å². The fourth-order valence-corrected chi connectivity index (χ4v) is 1.61. The first-order valence-corrected chi connectivity index (χ1v) is 5.78. The van der Waals surface area contributed by atoms with Crippen molar-refractivity contribution >= 4 is 11.6 Å². The van der Waals surface area contributed by atoms with Gasteiger partial charge in [0.05, 0.1) is 11.2 Å². The summed E-state index contributed by atoms with van der Waals surface area (Å²) >= 11 is 5.60. The van der Waals surface area contributed by atoms with Crippen LogP contribution >= 0.6 is 11.6 Å². The summed E-state index contributed by atoms with van der Waals surface area (Å²) in [5, 5.41) is 3.09. The van der Waals surface area contributed by atoms with Gasteiger partial charge in [0.15, 0.2) is 0 Å². The van der Waals surface area contributed by atoms with E-state index in [1.54, 1.807) is 18.5 Å². The van der Waals surface area contributed by atoms with Crippen molar-refractivity contribution in [1.82, 2.24) is 10.3 Å². The van der Waals surface area contributed by atoms with Crippen LogP contribution in [0.5, 0.6) is 11.5 Å².